The fourth-order valence-corrected chi connectivity index (χ4v) is 4.01. The van der Waals surface area contributed by atoms with Gasteiger partial charge in [-0.1, -0.05) is 79.9 Å². The molecule has 138 valence electrons. The molecule has 1 aromatic heterocycles. The molecule has 4 nitrogen and oxygen atoms in total. The van der Waals surface area contributed by atoms with Crippen LogP contribution < -0.4 is 5.32 Å². The van der Waals surface area contributed by atoms with Crippen molar-refractivity contribution in [1.29, 1.82) is 0 Å². The van der Waals surface area contributed by atoms with Gasteiger partial charge in [0.1, 0.15) is 5.82 Å². The lowest BCUT2D eigenvalue weighted by Crippen LogP contribution is -2.25. The lowest BCUT2D eigenvalue weighted by atomic mass is 9.90. The standard InChI is InChI=1S/C23H25N3O/c27-23(25-21-16-17-24-26(21)20-14-8-3-9-15-20)22(18-10-4-1-5-11-18)19-12-6-2-7-13-19/h1-2,4-7,10-13,16-17,20,22H,3,8-9,14-15H2,(H,25,27). The lowest BCUT2D eigenvalue weighted by molar-refractivity contribution is -0.116. The average molecular weight is 359 g/mol. The first-order chi connectivity index (χ1) is 13.3. The van der Waals surface area contributed by atoms with Crippen molar-refractivity contribution >= 4 is 11.7 Å². The molecular weight excluding hydrogens is 334 g/mol. The lowest BCUT2D eigenvalue weighted by Gasteiger charge is -2.25. The molecule has 1 aliphatic rings. The molecule has 4 heteroatoms. The van der Waals surface area contributed by atoms with Crippen molar-refractivity contribution in [1.82, 2.24) is 9.78 Å². The van der Waals surface area contributed by atoms with Crippen molar-refractivity contribution in [3.05, 3.63) is 84.1 Å². The molecule has 1 amide bonds. The molecular formula is C23H25N3O. The molecule has 3 aromatic rings. The smallest absolute Gasteiger partial charge is 0.237 e. The van der Waals surface area contributed by atoms with E-state index in [2.05, 4.69) is 10.4 Å². The molecule has 0 radical (unpaired) electrons. The Bertz CT molecular complexity index is 827. The summed E-state index contributed by atoms with van der Waals surface area (Å²) in [6, 6.07) is 22.2. The van der Waals surface area contributed by atoms with Crippen LogP contribution >= 0.6 is 0 Å². The number of benzene rings is 2. The minimum atomic E-state index is -0.345. The highest BCUT2D eigenvalue weighted by molar-refractivity contribution is 5.97. The topological polar surface area (TPSA) is 46.9 Å². The quantitative estimate of drug-likeness (QED) is 0.684. The average Bonchev–Trinajstić information content (AvgIpc) is 3.18. The van der Waals surface area contributed by atoms with Crippen molar-refractivity contribution in [3.63, 3.8) is 0 Å². The van der Waals surface area contributed by atoms with Crippen molar-refractivity contribution in [2.45, 2.75) is 44.1 Å². The number of nitrogens with one attached hydrogen (secondary N) is 1. The monoisotopic (exact) mass is 359 g/mol. The molecule has 1 saturated carbocycles. The summed E-state index contributed by atoms with van der Waals surface area (Å²) in [7, 11) is 0. The molecule has 2 aromatic carbocycles. The molecule has 4 rings (SSSR count). The van der Waals surface area contributed by atoms with E-state index in [0.717, 1.165) is 29.8 Å². The van der Waals surface area contributed by atoms with Gasteiger partial charge in [0.2, 0.25) is 5.91 Å². The van der Waals surface area contributed by atoms with Crippen LogP contribution in [-0.4, -0.2) is 15.7 Å². The Kier molecular flexibility index (Phi) is 5.33. The fraction of sp³-hybridized carbons (Fsp3) is 0.304. The molecule has 0 spiro atoms. The maximum atomic E-state index is 13.3. The number of aromatic nitrogens is 2. The Balaban J connectivity index is 1.61. The summed E-state index contributed by atoms with van der Waals surface area (Å²) in [6.45, 7) is 0. The second-order valence-electron chi connectivity index (χ2n) is 7.20. The van der Waals surface area contributed by atoms with Gasteiger partial charge >= 0.3 is 0 Å². The summed E-state index contributed by atoms with van der Waals surface area (Å²) >= 11 is 0. The van der Waals surface area contributed by atoms with Crippen LogP contribution in [0.5, 0.6) is 0 Å². The van der Waals surface area contributed by atoms with E-state index in [9.17, 15) is 4.79 Å². The van der Waals surface area contributed by atoms with Gasteiger partial charge in [0.25, 0.3) is 0 Å². The highest BCUT2D eigenvalue weighted by atomic mass is 16.2. The zero-order chi connectivity index (χ0) is 18.5. The zero-order valence-corrected chi connectivity index (χ0v) is 15.4. The van der Waals surface area contributed by atoms with Gasteiger partial charge in [0.05, 0.1) is 18.2 Å². The van der Waals surface area contributed by atoms with Crippen LogP contribution in [0, 0.1) is 0 Å². The van der Waals surface area contributed by atoms with Crippen molar-refractivity contribution in [3.8, 4) is 0 Å². The van der Waals surface area contributed by atoms with Crippen LogP contribution in [0.2, 0.25) is 0 Å². The molecule has 1 aliphatic carbocycles. The predicted octanol–water partition coefficient (Wildman–Crippen LogP) is 5.16. The fourth-order valence-electron chi connectivity index (χ4n) is 4.01. The maximum absolute atomic E-state index is 13.3. The maximum Gasteiger partial charge on any atom is 0.237 e. The Labute approximate surface area is 160 Å². The van der Waals surface area contributed by atoms with Gasteiger partial charge < -0.3 is 5.32 Å². The van der Waals surface area contributed by atoms with Gasteiger partial charge in [-0.15, -0.1) is 0 Å². The third-order valence-electron chi connectivity index (χ3n) is 5.37. The Morgan fingerprint density at radius 1 is 0.889 bits per heavy atom. The molecule has 0 atom stereocenters. The van der Waals surface area contributed by atoms with Gasteiger partial charge in [0.15, 0.2) is 0 Å². The summed E-state index contributed by atoms with van der Waals surface area (Å²) in [6.07, 6.45) is 7.80. The first-order valence-corrected chi connectivity index (χ1v) is 9.77. The largest absolute Gasteiger partial charge is 0.310 e. The van der Waals surface area contributed by atoms with Crippen LogP contribution in [0.3, 0.4) is 0 Å². The second kappa shape index (κ2) is 8.21. The van der Waals surface area contributed by atoms with Gasteiger partial charge in [-0.25, -0.2) is 4.68 Å². The van der Waals surface area contributed by atoms with E-state index in [0.29, 0.717) is 6.04 Å². The zero-order valence-electron chi connectivity index (χ0n) is 15.4. The number of carbonyl (C=O) groups excluding carboxylic acids is 1. The SMILES string of the molecule is O=C(Nc1ccnn1C1CCCCC1)C(c1ccccc1)c1ccccc1. The minimum absolute atomic E-state index is 0.0232. The molecule has 0 saturated heterocycles. The van der Waals surface area contributed by atoms with E-state index in [4.69, 9.17) is 0 Å². The normalized spacial score (nSPS) is 15.0. The Hall–Kier alpha value is -2.88. The third-order valence-corrected chi connectivity index (χ3v) is 5.37. The van der Waals surface area contributed by atoms with Crippen molar-refractivity contribution < 1.29 is 4.79 Å². The molecule has 0 aliphatic heterocycles. The molecule has 27 heavy (non-hydrogen) atoms. The summed E-state index contributed by atoms with van der Waals surface area (Å²) in [5.74, 6) is 0.427. The van der Waals surface area contributed by atoms with Crippen LogP contribution in [0.1, 0.15) is 55.2 Å². The first-order valence-electron chi connectivity index (χ1n) is 9.77. The van der Waals surface area contributed by atoms with Crippen LogP contribution in [0.4, 0.5) is 5.82 Å². The Morgan fingerprint density at radius 2 is 1.48 bits per heavy atom. The van der Waals surface area contributed by atoms with Crippen LogP contribution in [0.15, 0.2) is 72.9 Å². The number of hydrogen-bond donors (Lipinski definition) is 1. The highest BCUT2D eigenvalue weighted by Crippen LogP contribution is 2.31. The summed E-state index contributed by atoms with van der Waals surface area (Å²) in [5.41, 5.74) is 1.98. The van der Waals surface area contributed by atoms with E-state index >= 15 is 0 Å². The minimum Gasteiger partial charge on any atom is -0.310 e. The summed E-state index contributed by atoms with van der Waals surface area (Å²) in [4.78, 5) is 13.3. The molecule has 0 unspecified atom stereocenters. The van der Waals surface area contributed by atoms with E-state index in [-0.39, 0.29) is 11.8 Å². The van der Waals surface area contributed by atoms with E-state index in [1.165, 1.54) is 19.3 Å². The summed E-state index contributed by atoms with van der Waals surface area (Å²) < 4.78 is 2.00. The second-order valence-corrected chi connectivity index (χ2v) is 7.20. The van der Waals surface area contributed by atoms with Gasteiger partial charge in [-0.3, -0.25) is 4.79 Å². The van der Waals surface area contributed by atoms with Crippen molar-refractivity contribution in [2.24, 2.45) is 0 Å². The van der Waals surface area contributed by atoms with Gasteiger partial charge in [0, 0.05) is 6.07 Å². The highest BCUT2D eigenvalue weighted by Gasteiger charge is 2.25. The Morgan fingerprint density at radius 3 is 2.07 bits per heavy atom. The van der Waals surface area contributed by atoms with E-state index in [1.54, 1.807) is 6.20 Å². The van der Waals surface area contributed by atoms with Gasteiger partial charge in [-0.05, 0) is 24.0 Å². The molecule has 0 bridgehead atoms. The first kappa shape index (κ1) is 17.5. The number of amides is 1. The third kappa shape index (κ3) is 3.95. The van der Waals surface area contributed by atoms with E-state index < -0.39 is 0 Å². The van der Waals surface area contributed by atoms with Crippen LogP contribution in [-0.2, 0) is 4.79 Å². The number of hydrogen-bond acceptors (Lipinski definition) is 2. The number of rotatable bonds is 5. The van der Waals surface area contributed by atoms with Gasteiger partial charge in [-0.2, -0.15) is 5.10 Å². The number of carbonyl (C=O) groups is 1. The van der Waals surface area contributed by atoms with E-state index in [1.807, 2.05) is 71.4 Å². The summed E-state index contributed by atoms with van der Waals surface area (Å²) in [5, 5.41) is 7.65. The van der Waals surface area contributed by atoms with Crippen LogP contribution in [0.25, 0.3) is 0 Å². The number of nitrogens with zero attached hydrogens (tertiary/aromatic N) is 2. The van der Waals surface area contributed by atoms with Crippen molar-refractivity contribution in [2.75, 3.05) is 5.32 Å². The number of anilines is 1. The molecule has 1 heterocycles. The molecule has 1 fully saturated rings. The molecule has 1 N–H and O–H groups in total. The predicted molar refractivity (Wildman–Crippen MR) is 108 cm³/mol.